The molecule has 2 aromatic carbocycles. The van der Waals surface area contributed by atoms with Crippen molar-refractivity contribution in [1.82, 2.24) is 9.78 Å². The molecule has 0 aliphatic heterocycles. The molecular weight excluding hydrogens is 328 g/mol. The van der Waals surface area contributed by atoms with Crippen molar-refractivity contribution in [2.24, 2.45) is 0 Å². The number of aryl methyl sites for hydroxylation is 1. The quantitative estimate of drug-likeness (QED) is 0.773. The lowest BCUT2D eigenvalue weighted by atomic mass is 10.0. The van der Waals surface area contributed by atoms with Crippen molar-refractivity contribution in [3.8, 4) is 0 Å². The van der Waals surface area contributed by atoms with E-state index in [0.717, 1.165) is 33.2 Å². The van der Waals surface area contributed by atoms with Crippen LogP contribution in [0.25, 0.3) is 10.9 Å². The Kier molecular flexibility index (Phi) is 4.08. The van der Waals surface area contributed by atoms with E-state index in [4.69, 9.17) is 0 Å². The van der Waals surface area contributed by atoms with Crippen LogP contribution >= 0.6 is 15.9 Å². The predicted molar refractivity (Wildman–Crippen MR) is 88.2 cm³/mol. The molecule has 21 heavy (non-hydrogen) atoms. The largest absolute Gasteiger partial charge is 0.388 e. The van der Waals surface area contributed by atoms with Crippen LogP contribution in [0, 0.1) is 0 Å². The number of aliphatic hydroxyl groups is 1. The van der Waals surface area contributed by atoms with Gasteiger partial charge in [0.25, 0.3) is 0 Å². The molecule has 108 valence electrons. The Morgan fingerprint density at radius 3 is 2.76 bits per heavy atom. The van der Waals surface area contributed by atoms with Gasteiger partial charge < -0.3 is 5.11 Å². The highest BCUT2D eigenvalue weighted by molar-refractivity contribution is 9.10. The van der Waals surface area contributed by atoms with Gasteiger partial charge in [0.15, 0.2) is 0 Å². The van der Waals surface area contributed by atoms with E-state index in [1.54, 1.807) is 0 Å². The fourth-order valence-corrected chi connectivity index (χ4v) is 3.02. The molecule has 1 heterocycles. The summed E-state index contributed by atoms with van der Waals surface area (Å²) >= 11 is 3.44. The minimum absolute atomic E-state index is 0.518. The second-order valence-corrected chi connectivity index (χ2v) is 5.97. The number of nitrogens with zero attached hydrogens (tertiary/aromatic N) is 2. The van der Waals surface area contributed by atoms with E-state index in [2.05, 4.69) is 40.1 Å². The lowest BCUT2D eigenvalue weighted by Gasteiger charge is -2.10. The first-order chi connectivity index (χ1) is 10.2. The van der Waals surface area contributed by atoms with Crippen molar-refractivity contribution in [3.63, 3.8) is 0 Å². The van der Waals surface area contributed by atoms with Gasteiger partial charge in [-0.3, -0.25) is 4.68 Å². The van der Waals surface area contributed by atoms with Crippen molar-refractivity contribution in [1.29, 1.82) is 0 Å². The molecule has 0 aliphatic rings. The SMILES string of the molecule is CCn1nc(CC(O)c2cccc(Br)c2)c2ccccc21. The molecule has 4 heteroatoms. The van der Waals surface area contributed by atoms with Gasteiger partial charge in [-0.2, -0.15) is 5.10 Å². The molecule has 0 amide bonds. The monoisotopic (exact) mass is 344 g/mol. The van der Waals surface area contributed by atoms with Gasteiger partial charge in [-0.25, -0.2) is 0 Å². The molecule has 0 aliphatic carbocycles. The Morgan fingerprint density at radius 1 is 1.19 bits per heavy atom. The maximum atomic E-state index is 10.5. The van der Waals surface area contributed by atoms with Gasteiger partial charge in [0, 0.05) is 22.8 Å². The summed E-state index contributed by atoms with van der Waals surface area (Å²) in [5, 5.41) is 16.2. The number of hydrogen-bond acceptors (Lipinski definition) is 2. The zero-order chi connectivity index (χ0) is 14.8. The zero-order valence-corrected chi connectivity index (χ0v) is 13.4. The van der Waals surface area contributed by atoms with Gasteiger partial charge in [-0.15, -0.1) is 0 Å². The summed E-state index contributed by atoms with van der Waals surface area (Å²) in [5.41, 5.74) is 2.97. The highest BCUT2D eigenvalue weighted by Crippen LogP contribution is 2.25. The number of aromatic nitrogens is 2. The van der Waals surface area contributed by atoms with Gasteiger partial charge in [0.1, 0.15) is 0 Å². The molecule has 1 unspecified atom stereocenters. The molecule has 0 radical (unpaired) electrons. The number of rotatable bonds is 4. The lowest BCUT2D eigenvalue weighted by Crippen LogP contribution is -2.04. The Balaban J connectivity index is 1.94. The van der Waals surface area contributed by atoms with Crippen molar-refractivity contribution in [2.45, 2.75) is 26.0 Å². The molecule has 0 saturated heterocycles. The van der Waals surface area contributed by atoms with Gasteiger partial charge >= 0.3 is 0 Å². The van der Waals surface area contributed by atoms with E-state index in [0.29, 0.717) is 6.42 Å². The molecule has 0 saturated carbocycles. The summed E-state index contributed by atoms with van der Waals surface area (Å²) in [4.78, 5) is 0. The summed E-state index contributed by atoms with van der Waals surface area (Å²) in [6.45, 7) is 2.90. The first-order valence-corrected chi connectivity index (χ1v) is 7.86. The predicted octanol–water partition coefficient (Wildman–Crippen LogP) is 4.09. The van der Waals surface area contributed by atoms with Crippen LogP contribution in [-0.2, 0) is 13.0 Å². The molecule has 3 aromatic rings. The fraction of sp³-hybridized carbons (Fsp3) is 0.235. The number of aliphatic hydroxyl groups excluding tert-OH is 1. The highest BCUT2D eigenvalue weighted by Gasteiger charge is 2.15. The molecule has 0 bridgehead atoms. The third-order valence-electron chi connectivity index (χ3n) is 3.65. The fourth-order valence-electron chi connectivity index (χ4n) is 2.60. The average molecular weight is 345 g/mol. The van der Waals surface area contributed by atoms with Gasteiger partial charge in [0.05, 0.1) is 17.3 Å². The first kappa shape index (κ1) is 14.3. The van der Waals surface area contributed by atoms with Gasteiger partial charge in [-0.1, -0.05) is 46.3 Å². The van der Waals surface area contributed by atoms with E-state index < -0.39 is 6.10 Å². The Labute approximate surface area is 132 Å². The molecule has 0 spiro atoms. The highest BCUT2D eigenvalue weighted by atomic mass is 79.9. The number of hydrogen-bond donors (Lipinski definition) is 1. The van der Waals surface area contributed by atoms with Crippen molar-refractivity contribution >= 4 is 26.8 Å². The molecule has 1 aromatic heterocycles. The standard InChI is InChI=1S/C17H17BrN2O/c1-2-20-16-9-4-3-8-14(16)15(19-20)11-17(21)12-6-5-7-13(18)10-12/h3-10,17,21H,2,11H2,1H3. The van der Waals surface area contributed by atoms with E-state index >= 15 is 0 Å². The van der Waals surface area contributed by atoms with Crippen LogP contribution in [0.5, 0.6) is 0 Å². The second-order valence-electron chi connectivity index (χ2n) is 5.05. The first-order valence-electron chi connectivity index (χ1n) is 7.07. The van der Waals surface area contributed by atoms with E-state index in [1.807, 2.05) is 41.1 Å². The van der Waals surface area contributed by atoms with Crippen LogP contribution in [0.3, 0.4) is 0 Å². The number of para-hydroxylation sites is 1. The molecule has 1 N–H and O–H groups in total. The topological polar surface area (TPSA) is 38.0 Å². The number of fused-ring (bicyclic) bond motifs is 1. The summed E-state index contributed by atoms with van der Waals surface area (Å²) < 4.78 is 2.96. The van der Waals surface area contributed by atoms with Crippen LogP contribution < -0.4 is 0 Å². The van der Waals surface area contributed by atoms with Crippen LogP contribution in [0.4, 0.5) is 0 Å². The number of halogens is 1. The third-order valence-corrected chi connectivity index (χ3v) is 4.15. The Morgan fingerprint density at radius 2 is 2.00 bits per heavy atom. The normalized spacial score (nSPS) is 12.7. The van der Waals surface area contributed by atoms with Crippen LogP contribution in [0.2, 0.25) is 0 Å². The molecule has 3 rings (SSSR count). The summed E-state index contributed by atoms with van der Waals surface area (Å²) in [5.74, 6) is 0. The second kappa shape index (κ2) is 6.00. The molecule has 3 nitrogen and oxygen atoms in total. The Bertz CT molecular complexity index is 766. The Hall–Kier alpha value is -1.65. The zero-order valence-electron chi connectivity index (χ0n) is 11.8. The minimum Gasteiger partial charge on any atom is -0.388 e. The molecule has 1 atom stereocenters. The third kappa shape index (κ3) is 2.87. The summed E-state index contributed by atoms with van der Waals surface area (Å²) in [6, 6.07) is 15.9. The van der Waals surface area contributed by atoms with Crippen LogP contribution in [-0.4, -0.2) is 14.9 Å². The molecule has 0 fully saturated rings. The summed E-state index contributed by atoms with van der Waals surface area (Å²) in [7, 11) is 0. The van der Waals surface area contributed by atoms with Crippen molar-refractivity contribution in [3.05, 3.63) is 64.3 Å². The summed E-state index contributed by atoms with van der Waals surface area (Å²) in [6.07, 6.45) is -0.0321. The van der Waals surface area contributed by atoms with Crippen molar-refractivity contribution in [2.75, 3.05) is 0 Å². The van der Waals surface area contributed by atoms with E-state index in [9.17, 15) is 5.11 Å². The average Bonchev–Trinajstić information content (AvgIpc) is 2.85. The number of benzene rings is 2. The molecular formula is C17H17BrN2O. The smallest absolute Gasteiger partial charge is 0.0846 e. The van der Waals surface area contributed by atoms with Gasteiger partial charge in [-0.05, 0) is 30.7 Å². The lowest BCUT2D eigenvalue weighted by molar-refractivity contribution is 0.177. The van der Waals surface area contributed by atoms with E-state index in [1.165, 1.54) is 0 Å². The van der Waals surface area contributed by atoms with Crippen LogP contribution in [0.15, 0.2) is 53.0 Å². The van der Waals surface area contributed by atoms with E-state index in [-0.39, 0.29) is 0 Å². The van der Waals surface area contributed by atoms with Crippen molar-refractivity contribution < 1.29 is 5.11 Å². The maximum absolute atomic E-state index is 10.5. The maximum Gasteiger partial charge on any atom is 0.0846 e. The minimum atomic E-state index is -0.550. The van der Waals surface area contributed by atoms with Gasteiger partial charge in [0.2, 0.25) is 0 Å². The van der Waals surface area contributed by atoms with Crippen LogP contribution in [0.1, 0.15) is 24.3 Å².